The highest BCUT2D eigenvalue weighted by Crippen LogP contribution is 2.20. The lowest BCUT2D eigenvalue weighted by Gasteiger charge is -2.03. The summed E-state index contributed by atoms with van der Waals surface area (Å²) in [6, 6.07) is 3.87. The Morgan fingerprint density at radius 1 is 1.67 bits per heavy atom. The Labute approximate surface area is 93.4 Å². The Hall–Kier alpha value is -1.23. The number of carbonyl (C=O) groups is 1. The molecule has 15 heavy (non-hydrogen) atoms. The lowest BCUT2D eigenvalue weighted by atomic mass is 10.5. The molecule has 0 amide bonds. The van der Waals surface area contributed by atoms with Gasteiger partial charge < -0.3 is 10.1 Å². The van der Waals surface area contributed by atoms with Gasteiger partial charge in [0.25, 0.3) is 0 Å². The minimum absolute atomic E-state index is 0.176. The van der Waals surface area contributed by atoms with Crippen molar-refractivity contribution in [1.82, 2.24) is 4.98 Å². The van der Waals surface area contributed by atoms with Crippen LogP contribution >= 0.6 is 11.8 Å². The van der Waals surface area contributed by atoms with Crippen LogP contribution in [0.15, 0.2) is 23.2 Å². The smallest absolute Gasteiger partial charge is 0.306 e. The molecule has 5 heteroatoms. The summed E-state index contributed by atoms with van der Waals surface area (Å²) in [6.45, 7) is 0. The molecule has 0 aromatic carbocycles. The second-order valence-electron chi connectivity index (χ2n) is 2.80. The normalized spacial score (nSPS) is 9.73. The second-order valence-corrected chi connectivity index (χ2v) is 3.97. The van der Waals surface area contributed by atoms with Crippen LogP contribution in [-0.4, -0.2) is 30.9 Å². The average Bonchev–Trinajstić information content (AvgIpc) is 2.29. The molecule has 0 unspecified atom stereocenters. The molecule has 0 aliphatic heterocycles. The van der Waals surface area contributed by atoms with Crippen LogP contribution in [-0.2, 0) is 9.53 Å². The van der Waals surface area contributed by atoms with E-state index in [9.17, 15) is 4.79 Å². The van der Waals surface area contributed by atoms with Gasteiger partial charge in [-0.05, 0) is 12.1 Å². The Morgan fingerprint density at radius 2 is 2.47 bits per heavy atom. The molecule has 1 rings (SSSR count). The number of nitrogens with one attached hydrogen (secondary N) is 1. The number of aromatic nitrogens is 1. The predicted octanol–water partition coefficient (Wildman–Crippen LogP) is 1.78. The molecule has 0 spiro atoms. The largest absolute Gasteiger partial charge is 0.469 e. The van der Waals surface area contributed by atoms with Crippen molar-refractivity contribution >= 4 is 23.5 Å². The number of ether oxygens (including phenoxy) is 1. The summed E-state index contributed by atoms with van der Waals surface area (Å²) >= 11 is 1.61. The SMILES string of the molecule is CNc1cc(SCCC(=O)OC)ccn1. The van der Waals surface area contributed by atoms with E-state index in [2.05, 4.69) is 15.0 Å². The minimum atomic E-state index is -0.176. The highest BCUT2D eigenvalue weighted by atomic mass is 32.2. The third-order valence-electron chi connectivity index (χ3n) is 1.79. The number of rotatable bonds is 5. The number of methoxy groups -OCH3 is 1. The molecular weight excluding hydrogens is 212 g/mol. The molecule has 4 nitrogen and oxygen atoms in total. The van der Waals surface area contributed by atoms with E-state index in [1.165, 1.54) is 7.11 Å². The predicted molar refractivity (Wildman–Crippen MR) is 61.1 cm³/mol. The molecule has 0 saturated heterocycles. The first kappa shape index (κ1) is 11.8. The van der Waals surface area contributed by atoms with Crippen molar-refractivity contribution in [2.24, 2.45) is 0 Å². The van der Waals surface area contributed by atoms with Crippen LogP contribution in [0.3, 0.4) is 0 Å². The van der Waals surface area contributed by atoms with E-state index in [4.69, 9.17) is 0 Å². The zero-order chi connectivity index (χ0) is 11.1. The number of hydrogen-bond acceptors (Lipinski definition) is 5. The van der Waals surface area contributed by atoms with Crippen LogP contribution in [0.5, 0.6) is 0 Å². The maximum atomic E-state index is 10.9. The van der Waals surface area contributed by atoms with Crippen molar-refractivity contribution in [3.63, 3.8) is 0 Å². The van der Waals surface area contributed by atoms with Gasteiger partial charge >= 0.3 is 5.97 Å². The van der Waals surface area contributed by atoms with Crippen LogP contribution in [0.4, 0.5) is 5.82 Å². The van der Waals surface area contributed by atoms with Gasteiger partial charge in [-0.3, -0.25) is 4.79 Å². The van der Waals surface area contributed by atoms with Gasteiger partial charge in [0.2, 0.25) is 0 Å². The van der Waals surface area contributed by atoms with Crippen molar-refractivity contribution in [2.75, 3.05) is 25.2 Å². The Morgan fingerprint density at radius 3 is 3.13 bits per heavy atom. The summed E-state index contributed by atoms with van der Waals surface area (Å²) in [6.07, 6.45) is 2.17. The molecule has 0 radical (unpaired) electrons. The zero-order valence-corrected chi connectivity index (χ0v) is 9.63. The molecule has 0 bridgehead atoms. The van der Waals surface area contributed by atoms with E-state index in [-0.39, 0.29) is 5.97 Å². The Kier molecular flexibility index (Phi) is 4.97. The van der Waals surface area contributed by atoms with Crippen molar-refractivity contribution < 1.29 is 9.53 Å². The first-order valence-electron chi connectivity index (χ1n) is 4.59. The number of nitrogens with zero attached hydrogens (tertiary/aromatic N) is 1. The molecule has 0 aliphatic rings. The number of hydrogen-bond donors (Lipinski definition) is 1. The molecule has 1 heterocycles. The van der Waals surface area contributed by atoms with Crippen LogP contribution in [0.2, 0.25) is 0 Å². The number of esters is 1. The van der Waals surface area contributed by atoms with Gasteiger partial charge in [-0.25, -0.2) is 4.98 Å². The third-order valence-corrected chi connectivity index (χ3v) is 2.79. The van der Waals surface area contributed by atoms with E-state index in [0.29, 0.717) is 6.42 Å². The molecule has 1 N–H and O–H groups in total. The van der Waals surface area contributed by atoms with Gasteiger partial charge in [0.1, 0.15) is 5.82 Å². The monoisotopic (exact) mass is 226 g/mol. The van der Waals surface area contributed by atoms with Crippen LogP contribution in [0.25, 0.3) is 0 Å². The van der Waals surface area contributed by atoms with Gasteiger partial charge in [-0.15, -0.1) is 11.8 Å². The first-order valence-corrected chi connectivity index (χ1v) is 5.58. The van der Waals surface area contributed by atoms with Crippen LogP contribution in [0.1, 0.15) is 6.42 Å². The fourth-order valence-corrected chi connectivity index (χ4v) is 1.85. The van der Waals surface area contributed by atoms with Crippen LogP contribution < -0.4 is 5.32 Å². The van der Waals surface area contributed by atoms with E-state index in [1.807, 2.05) is 19.2 Å². The fraction of sp³-hybridized carbons (Fsp3) is 0.400. The second kappa shape index (κ2) is 6.29. The third kappa shape index (κ3) is 4.20. The van der Waals surface area contributed by atoms with Crippen LogP contribution in [0, 0.1) is 0 Å². The van der Waals surface area contributed by atoms with Crippen molar-refractivity contribution in [2.45, 2.75) is 11.3 Å². The highest BCUT2D eigenvalue weighted by molar-refractivity contribution is 7.99. The quantitative estimate of drug-likeness (QED) is 0.612. The molecule has 0 atom stereocenters. The number of anilines is 1. The Bertz CT molecular complexity index is 331. The summed E-state index contributed by atoms with van der Waals surface area (Å²) in [5.41, 5.74) is 0. The highest BCUT2D eigenvalue weighted by Gasteiger charge is 2.01. The van der Waals surface area contributed by atoms with Gasteiger partial charge in [0.05, 0.1) is 13.5 Å². The summed E-state index contributed by atoms with van der Waals surface area (Å²) in [4.78, 5) is 16.1. The van der Waals surface area contributed by atoms with Crippen molar-refractivity contribution in [3.05, 3.63) is 18.3 Å². The summed E-state index contributed by atoms with van der Waals surface area (Å²) in [5, 5.41) is 2.96. The van der Waals surface area contributed by atoms with Gasteiger partial charge in [-0.1, -0.05) is 0 Å². The first-order chi connectivity index (χ1) is 7.26. The minimum Gasteiger partial charge on any atom is -0.469 e. The number of pyridine rings is 1. The summed E-state index contributed by atoms with van der Waals surface area (Å²) < 4.78 is 4.56. The maximum absolute atomic E-state index is 10.9. The lowest BCUT2D eigenvalue weighted by Crippen LogP contribution is -2.01. The molecular formula is C10H14N2O2S. The maximum Gasteiger partial charge on any atom is 0.306 e. The van der Waals surface area contributed by atoms with Crippen molar-refractivity contribution in [3.8, 4) is 0 Å². The van der Waals surface area contributed by atoms with E-state index in [1.54, 1.807) is 18.0 Å². The average molecular weight is 226 g/mol. The molecule has 0 fully saturated rings. The summed E-state index contributed by atoms with van der Waals surface area (Å²) in [7, 11) is 3.23. The molecule has 0 saturated carbocycles. The number of carbonyl (C=O) groups excluding carboxylic acids is 1. The van der Waals surface area contributed by atoms with E-state index < -0.39 is 0 Å². The van der Waals surface area contributed by atoms with Gasteiger partial charge in [0.15, 0.2) is 0 Å². The molecule has 1 aromatic rings. The van der Waals surface area contributed by atoms with Gasteiger partial charge in [0, 0.05) is 23.9 Å². The van der Waals surface area contributed by atoms with E-state index >= 15 is 0 Å². The lowest BCUT2D eigenvalue weighted by molar-refractivity contribution is -0.140. The fourth-order valence-electron chi connectivity index (χ4n) is 0.992. The standard InChI is InChI=1S/C10H14N2O2S/c1-11-9-7-8(3-5-12-9)15-6-4-10(13)14-2/h3,5,7H,4,6H2,1-2H3,(H,11,12). The zero-order valence-electron chi connectivity index (χ0n) is 8.82. The van der Waals surface area contributed by atoms with Crippen molar-refractivity contribution in [1.29, 1.82) is 0 Å². The number of thioether (sulfide) groups is 1. The van der Waals surface area contributed by atoms with Gasteiger partial charge in [-0.2, -0.15) is 0 Å². The Balaban J connectivity index is 2.40. The molecule has 82 valence electrons. The molecule has 1 aromatic heterocycles. The summed E-state index contributed by atoms with van der Waals surface area (Å²) in [5.74, 6) is 1.38. The molecule has 0 aliphatic carbocycles. The van der Waals surface area contributed by atoms with E-state index in [0.717, 1.165) is 16.5 Å². The topological polar surface area (TPSA) is 51.2 Å².